The van der Waals surface area contributed by atoms with Gasteiger partial charge in [0, 0.05) is 6.20 Å². The predicted octanol–water partition coefficient (Wildman–Crippen LogP) is 3.28. The highest BCUT2D eigenvalue weighted by atomic mass is 19.4. The molecule has 1 aliphatic heterocycles. The van der Waals surface area contributed by atoms with Crippen molar-refractivity contribution in [1.29, 1.82) is 0 Å². The third kappa shape index (κ3) is 3.11. The minimum Gasteiger partial charge on any atom is -0.454 e. The number of benzene rings is 1. The summed E-state index contributed by atoms with van der Waals surface area (Å²) in [5.74, 6) is 1.50. The van der Waals surface area contributed by atoms with Crippen LogP contribution in [0.5, 0.6) is 11.5 Å². The van der Waals surface area contributed by atoms with Crippen LogP contribution in [0.3, 0.4) is 0 Å². The normalized spacial score (nSPS) is 13.6. The van der Waals surface area contributed by atoms with Crippen LogP contribution in [-0.4, -0.2) is 18.0 Å². The first kappa shape index (κ1) is 14.2. The molecule has 3 rings (SSSR count). The lowest BCUT2D eigenvalue weighted by atomic mass is 10.2. The van der Waals surface area contributed by atoms with Gasteiger partial charge in [0.25, 0.3) is 0 Å². The van der Waals surface area contributed by atoms with Crippen LogP contribution in [0.2, 0.25) is 0 Å². The molecule has 0 radical (unpaired) electrons. The molecule has 2 aromatic rings. The monoisotopic (exact) mass is 309 g/mol. The Kier molecular flexibility index (Phi) is 3.58. The van der Waals surface area contributed by atoms with E-state index in [0.29, 0.717) is 11.5 Å². The number of rotatable bonds is 3. The van der Waals surface area contributed by atoms with Crippen molar-refractivity contribution in [1.82, 2.24) is 4.98 Å². The van der Waals surface area contributed by atoms with Crippen LogP contribution in [0.15, 0.2) is 41.6 Å². The summed E-state index contributed by atoms with van der Waals surface area (Å²) >= 11 is 0. The number of nitrogens with zero attached hydrogens (tertiary/aromatic N) is 2. The van der Waals surface area contributed by atoms with Crippen LogP contribution in [0.1, 0.15) is 11.1 Å². The van der Waals surface area contributed by atoms with Crippen molar-refractivity contribution >= 4 is 12.0 Å². The van der Waals surface area contributed by atoms with Crippen molar-refractivity contribution in [3.05, 3.63) is 47.7 Å². The Bertz CT molecular complexity index is 699. The van der Waals surface area contributed by atoms with E-state index in [2.05, 4.69) is 15.5 Å². The molecule has 1 aromatic carbocycles. The van der Waals surface area contributed by atoms with Gasteiger partial charge in [0.1, 0.15) is 5.82 Å². The summed E-state index contributed by atoms with van der Waals surface area (Å²) in [5, 5.41) is 3.91. The van der Waals surface area contributed by atoms with Crippen molar-refractivity contribution in [2.75, 3.05) is 12.2 Å². The number of alkyl halides is 3. The summed E-state index contributed by atoms with van der Waals surface area (Å²) in [6, 6.07) is 7.41. The van der Waals surface area contributed by atoms with E-state index in [1.165, 1.54) is 12.3 Å². The first-order valence-electron chi connectivity index (χ1n) is 6.24. The zero-order valence-electron chi connectivity index (χ0n) is 11.1. The Morgan fingerprint density at radius 3 is 2.68 bits per heavy atom. The van der Waals surface area contributed by atoms with Gasteiger partial charge in [-0.15, -0.1) is 0 Å². The molecule has 0 spiro atoms. The first-order chi connectivity index (χ1) is 10.5. The maximum Gasteiger partial charge on any atom is 0.417 e. The standard InChI is InChI=1S/C14H10F3N3O2/c15-14(16,17)10-2-4-13(18-7-10)20-19-6-9-1-3-11-12(5-9)22-8-21-11/h1-7H,8H2,(H,18,20)/b19-6+. The minimum absolute atomic E-state index is 0.184. The Morgan fingerprint density at radius 1 is 1.14 bits per heavy atom. The lowest BCUT2D eigenvalue weighted by Crippen LogP contribution is -2.05. The maximum absolute atomic E-state index is 12.4. The van der Waals surface area contributed by atoms with Crippen LogP contribution in [0.4, 0.5) is 19.0 Å². The third-order valence-electron chi connectivity index (χ3n) is 2.88. The molecular weight excluding hydrogens is 299 g/mol. The number of pyridine rings is 1. The Balaban J connectivity index is 1.64. The van der Waals surface area contributed by atoms with Crippen molar-refractivity contribution in [3.8, 4) is 11.5 Å². The summed E-state index contributed by atoms with van der Waals surface area (Å²) in [4.78, 5) is 3.64. The van der Waals surface area contributed by atoms with Crippen LogP contribution in [0.25, 0.3) is 0 Å². The van der Waals surface area contributed by atoms with E-state index in [-0.39, 0.29) is 12.6 Å². The summed E-state index contributed by atoms with van der Waals surface area (Å²) in [6.45, 7) is 0.184. The van der Waals surface area contributed by atoms with Gasteiger partial charge >= 0.3 is 6.18 Å². The average Bonchev–Trinajstić information content (AvgIpc) is 2.94. The highest BCUT2D eigenvalue weighted by Gasteiger charge is 2.30. The molecule has 0 bridgehead atoms. The number of ether oxygens (including phenoxy) is 2. The zero-order valence-corrected chi connectivity index (χ0v) is 11.1. The van der Waals surface area contributed by atoms with Crippen LogP contribution in [0, 0.1) is 0 Å². The van der Waals surface area contributed by atoms with Gasteiger partial charge in [-0.2, -0.15) is 18.3 Å². The highest BCUT2D eigenvalue weighted by molar-refractivity contribution is 5.81. The molecule has 114 valence electrons. The summed E-state index contributed by atoms with van der Waals surface area (Å²) < 4.78 is 47.6. The van der Waals surface area contributed by atoms with Gasteiger partial charge in [-0.25, -0.2) is 4.98 Å². The van der Waals surface area contributed by atoms with Crippen molar-refractivity contribution in [2.24, 2.45) is 5.10 Å². The predicted molar refractivity (Wildman–Crippen MR) is 73.0 cm³/mol. The lowest BCUT2D eigenvalue weighted by molar-refractivity contribution is -0.137. The van der Waals surface area contributed by atoms with E-state index in [1.807, 2.05) is 0 Å². The summed E-state index contributed by atoms with van der Waals surface area (Å²) in [5.41, 5.74) is 2.50. The first-order valence-corrected chi connectivity index (χ1v) is 6.24. The minimum atomic E-state index is -4.40. The fourth-order valence-electron chi connectivity index (χ4n) is 1.79. The smallest absolute Gasteiger partial charge is 0.417 e. The largest absolute Gasteiger partial charge is 0.454 e. The van der Waals surface area contributed by atoms with Crippen LogP contribution in [-0.2, 0) is 6.18 Å². The van der Waals surface area contributed by atoms with Crippen molar-refractivity contribution in [2.45, 2.75) is 6.18 Å². The number of hydrazone groups is 1. The Hall–Kier alpha value is -2.77. The van der Waals surface area contributed by atoms with E-state index in [1.54, 1.807) is 18.2 Å². The van der Waals surface area contributed by atoms with Gasteiger partial charge < -0.3 is 9.47 Å². The van der Waals surface area contributed by atoms with Crippen LogP contribution < -0.4 is 14.9 Å². The number of nitrogens with one attached hydrogen (secondary N) is 1. The molecule has 22 heavy (non-hydrogen) atoms. The van der Waals surface area contributed by atoms with Gasteiger partial charge in [0.15, 0.2) is 11.5 Å². The van der Waals surface area contributed by atoms with Gasteiger partial charge in [-0.1, -0.05) is 0 Å². The summed E-state index contributed by atoms with van der Waals surface area (Å²) in [6.07, 6.45) is -2.15. The number of halogens is 3. The van der Waals surface area contributed by atoms with Crippen molar-refractivity contribution in [3.63, 3.8) is 0 Å². The molecule has 1 aliphatic rings. The molecule has 8 heteroatoms. The van der Waals surface area contributed by atoms with E-state index >= 15 is 0 Å². The second-order valence-corrected chi connectivity index (χ2v) is 4.41. The average molecular weight is 309 g/mol. The van der Waals surface area contributed by atoms with E-state index in [9.17, 15) is 13.2 Å². The molecule has 1 N–H and O–H groups in total. The second-order valence-electron chi connectivity index (χ2n) is 4.41. The lowest BCUT2D eigenvalue weighted by Gasteiger charge is -2.06. The molecule has 0 amide bonds. The summed E-state index contributed by atoms with van der Waals surface area (Å²) in [7, 11) is 0. The number of aromatic nitrogens is 1. The number of fused-ring (bicyclic) bond motifs is 1. The third-order valence-corrected chi connectivity index (χ3v) is 2.88. The maximum atomic E-state index is 12.4. The fourth-order valence-corrected chi connectivity index (χ4v) is 1.79. The molecule has 0 fully saturated rings. The van der Waals surface area contributed by atoms with E-state index in [4.69, 9.17) is 9.47 Å². The quantitative estimate of drug-likeness (QED) is 0.698. The molecule has 2 heterocycles. The molecule has 1 aromatic heterocycles. The van der Waals surface area contributed by atoms with Gasteiger partial charge in [0.05, 0.1) is 11.8 Å². The van der Waals surface area contributed by atoms with E-state index < -0.39 is 11.7 Å². The molecule has 0 saturated carbocycles. The van der Waals surface area contributed by atoms with Crippen molar-refractivity contribution < 1.29 is 22.6 Å². The Labute approximate surface area is 123 Å². The van der Waals surface area contributed by atoms with E-state index in [0.717, 1.165) is 17.8 Å². The molecule has 5 nitrogen and oxygen atoms in total. The number of hydrogen-bond acceptors (Lipinski definition) is 5. The molecule has 0 saturated heterocycles. The van der Waals surface area contributed by atoms with Gasteiger partial charge in [0.2, 0.25) is 6.79 Å². The number of anilines is 1. The zero-order chi connectivity index (χ0) is 15.6. The Morgan fingerprint density at radius 2 is 1.95 bits per heavy atom. The van der Waals surface area contributed by atoms with Gasteiger partial charge in [-0.3, -0.25) is 5.43 Å². The second kappa shape index (κ2) is 5.55. The fraction of sp³-hybridized carbons (Fsp3) is 0.143. The SMILES string of the molecule is FC(F)(F)c1ccc(N/N=C/c2ccc3c(c2)OCO3)nc1. The highest BCUT2D eigenvalue weighted by Crippen LogP contribution is 2.32. The molecule has 0 atom stereocenters. The topological polar surface area (TPSA) is 55.7 Å². The molecular formula is C14H10F3N3O2. The molecule has 0 aliphatic carbocycles. The van der Waals surface area contributed by atoms with Crippen LogP contribution >= 0.6 is 0 Å². The van der Waals surface area contributed by atoms with Gasteiger partial charge in [-0.05, 0) is 35.9 Å². The molecule has 0 unspecified atom stereocenters. The number of hydrogen-bond donors (Lipinski definition) is 1.